The summed E-state index contributed by atoms with van der Waals surface area (Å²) in [5, 5.41) is 0. The number of anilines is 3. The van der Waals surface area contributed by atoms with E-state index in [-0.39, 0.29) is 18.0 Å². The Morgan fingerprint density at radius 3 is 2.06 bits per heavy atom. The fourth-order valence-electron chi connectivity index (χ4n) is 5.02. The Balaban J connectivity index is 2.22. The molecule has 0 spiro atoms. The highest BCUT2D eigenvalue weighted by Crippen LogP contribution is 2.42. The van der Waals surface area contributed by atoms with Gasteiger partial charge in [0.2, 0.25) is 5.95 Å². The minimum absolute atomic E-state index is 0.106. The summed E-state index contributed by atoms with van der Waals surface area (Å²) < 4.78 is 0. The monoisotopic (exact) mass is 423 g/mol. The lowest BCUT2D eigenvalue weighted by molar-refractivity contribution is -0.122. The number of hydrogen-bond donors (Lipinski definition) is 0. The van der Waals surface area contributed by atoms with Gasteiger partial charge in [0.05, 0.1) is 5.69 Å². The summed E-state index contributed by atoms with van der Waals surface area (Å²) >= 11 is 0. The van der Waals surface area contributed by atoms with Crippen LogP contribution in [0.15, 0.2) is 12.1 Å². The lowest BCUT2D eigenvalue weighted by Crippen LogP contribution is -2.41. The van der Waals surface area contributed by atoms with E-state index in [1.165, 1.54) is 16.7 Å². The first-order valence-corrected chi connectivity index (χ1v) is 11.4. The Hall–Kier alpha value is -2.47. The molecule has 0 saturated heterocycles. The molecule has 1 aromatic carbocycles. The molecule has 1 aromatic heterocycles. The Kier molecular flexibility index (Phi) is 6.70. The van der Waals surface area contributed by atoms with Gasteiger partial charge in [0.15, 0.2) is 0 Å². The molecular formula is C25H37N5O. The molecule has 2 aromatic rings. The second-order valence-electron chi connectivity index (χ2n) is 8.88. The zero-order valence-corrected chi connectivity index (χ0v) is 20.6. The summed E-state index contributed by atoms with van der Waals surface area (Å²) in [5.41, 5.74) is 6.64. The van der Waals surface area contributed by atoms with E-state index in [2.05, 4.69) is 58.6 Å². The van der Waals surface area contributed by atoms with Crippen LogP contribution in [0.25, 0.3) is 0 Å². The Bertz CT molecular complexity index is 957. The minimum Gasteiger partial charge on any atom is -0.310 e. The zero-order chi connectivity index (χ0) is 23.0. The molecule has 3 rings (SSSR count). The van der Waals surface area contributed by atoms with Crippen molar-refractivity contribution in [3.05, 3.63) is 40.1 Å². The molecule has 6 heteroatoms. The molecule has 0 bridgehead atoms. The molecule has 2 heterocycles. The maximum atomic E-state index is 13.5. The second-order valence-corrected chi connectivity index (χ2v) is 8.88. The number of benzene rings is 1. The summed E-state index contributed by atoms with van der Waals surface area (Å²) in [7, 11) is 3.90. The molecular weight excluding hydrogens is 386 g/mol. The number of likely N-dealkylation sites (N-methyl/N-ethyl adjacent to an activating group) is 1. The van der Waals surface area contributed by atoms with Crippen LogP contribution in [0.5, 0.6) is 0 Å². The molecule has 1 atom stereocenters. The number of fused-ring (bicyclic) bond motifs is 1. The van der Waals surface area contributed by atoms with Crippen molar-refractivity contribution >= 4 is 23.4 Å². The van der Waals surface area contributed by atoms with Gasteiger partial charge in [0, 0.05) is 23.8 Å². The summed E-state index contributed by atoms with van der Waals surface area (Å²) in [6, 6.07) is 4.21. The van der Waals surface area contributed by atoms with Crippen molar-refractivity contribution < 1.29 is 4.79 Å². The van der Waals surface area contributed by atoms with Gasteiger partial charge in [-0.3, -0.25) is 14.6 Å². The van der Waals surface area contributed by atoms with E-state index in [1.807, 2.05) is 30.8 Å². The van der Waals surface area contributed by atoms with Crippen LogP contribution in [0.1, 0.15) is 67.6 Å². The van der Waals surface area contributed by atoms with Crippen LogP contribution < -0.4 is 9.80 Å². The van der Waals surface area contributed by atoms with E-state index in [9.17, 15) is 4.79 Å². The molecule has 6 nitrogen and oxygen atoms in total. The van der Waals surface area contributed by atoms with Crippen LogP contribution >= 0.6 is 0 Å². The number of carbonyl (C=O) groups is 1. The average molecular weight is 424 g/mol. The van der Waals surface area contributed by atoms with Crippen molar-refractivity contribution in [1.82, 2.24) is 14.9 Å². The molecule has 1 amide bonds. The second kappa shape index (κ2) is 8.95. The standard InChI is InChI=1S/C25H37N5O/c1-10-19(11-2)30-23-20(22(24(30)31)28(8)9)18(7)26-25(27-23)29(12-3)21-16(5)13-15(4)14-17(21)6/h13-14,19,22H,10-12H2,1-9H3. The smallest absolute Gasteiger partial charge is 0.250 e. The van der Waals surface area contributed by atoms with Gasteiger partial charge in [-0.2, -0.15) is 4.98 Å². The van der Waals surface area contributed by atoms with Crippen LogP contribution in [0, 0.1) is 27.7 Å². The average Bonchev–Trinajstić information content (AvgIpc) is 2.98. The molecule has 1 aliphatic heterocycles. The van der Waals surface area contributed by atoms with Crippen LogP contribution in [0.3, 0.4) is 0 Å². The summed E-state index contributed by atoms with van der Waals surface area (Å²) in [6.45, 7) is 15.5. The first-order chi connectivity index (χ1) is 14.7. The van der Waals surface area contributed by atoms with Gasteiger partial charge in [-0.15, -0.1) is 0 Å². The first-order valence-electron chi connectivity index (χ1n) is 11.4. The van der Waals surface area contributed by atoms with Gasteiger partial charge >= 0.3 is 0 Å². The highest BCUT2D eigenvalue weighted by Gasteiger charge is 2.44. The Labute approximate surface area is 187 Å². The third-order valence-electron chi connectivity index (χ3n) is 6.36. The molecule has 0 N–H and O–H groups in total. The molecule has 1 aliphatic rings. The SMILES string of the molecule is CCC(CC)N1C(=O)C(N(C)C)c2c(C)nc(N(CC)c3c(C)cc(C)cc3C)nc21. The third-order valence-corrected chi connectivity index (χ3v) is 6.36. The number of nitrogens with zero attached hydrogens (tertiary/aromatic N) is 5. The van der Waals surface area contributed by atoms with Crippen LogP contribution in [0.2, 0.25) is 0 Å². The molecule has 31 heavy (non-hydrogen) atoms. The van der Waals surface area contributed by atoms with E-state index in [1.54, 1.807) is 0 Å². The fourth-order valence-corrected chi connectivity index (χ4v) is 5.02. The van der Waals surface area contributed by atoms with E-state index in [4.69, 9.17) is 9.97 Å². The van der Waals surface area contributed by atoms with Gasteiger partial charge in [0.1, 0.15) is 11.9 Å². The molecule has 1 unspecified atom stereocenters. The van der Waals surface area contributed by atoms with E-state index in [0.717, 1.165) is 42.1 Å². The summed E-state index contributed by atoms with van der Waals surface area (Å²) in [6.07, 6.45) is 1.79. The van der Waals surface area contributed by atoms with E-state index in [0.29, 0.717) is 5.95 Å². The highest BCUT2D eigenvalue weighted by atomic mass is 16.2. The zero-order valence-electron chi connectivity index (χ0n) is 20.6. The van der Waals surface area contributed by atoms with Crippen molar-refractivity contribution in [3.63, 3.8) is 0 Å². The van der Waals surface area contributed by atoms with Gasteiger partial charge in [-0.25, -0.2) is 4.98 Å². The molecule has 168 valence electrons. The van der Waals surface area contributed by atoms with Crippen molar-refractivity contribution in [2.45, 2.75) is 73.4 Å². The van der Waals surface area contributed by atoms with Gasteiger partial charge < -0.3 is 4.90 Å². The third kappa shape index (κ3) is 3.93. The quantitative estimate of drug-likeness (QED) is 0.627. The first kappa shape index (κ1) is 23.2. The normalized spacial score (nSPS) is 15.9. The van der Waals surface area contributed by atoms with E-state index < -0.39 is 0 Å². The lowest BCUT2D eigenvalue weighted by Gasteiger charge is -2.29. The van der Waals surface area contributed by atoms with Crippen molar-refractivity contribution in [3.8, 4) is 0 Å². The number of aromatic nitrogens is 2. The van der Waals surface area contributed by atoms with Crippen molar-refractivity contribution in [1.29, 1.82) is 0 Å². The number of carbonyl (C=O) groups excluding carboxylic acids is 1. The van der Waals surface area contributed by atoms with Gasteiger partial charge in [-0.1, -0.05) is 31.5 Å². The van der Waals surface area contributed by atoms with Crippen LogP contribution in [0.4, 0.5) is 17.5 Å². The summed E-state index contributed by atoms with van der Waals surface area (Å²) in [4.78, 5) is 29.5. The lowest BCUT2D eigenvalue weighted by atomic mass is 10.0. The predicted octanol–water partition coefficient (Wildman–Crippen LogP) is 5.01. The number of rotatable bonds is 7. The fraction of sp³-hybridized carbons (Fsp3) is 0.560. The number of aryl methyl sites for hydroxylation is 4. The van der Waals surface area contributed by atoms with Crippen LogP contribution in [-0.2, 0) is 4.79 Å². The Morgan fingerprint density at radius 1 is 1.00 bits per heavy atom. The molecule has 0 radical (unpaired) electrons. The molecule has 0 aliphatic carbocycles. The molecule has 0 fully saturated rings. The maximum absolute atomic E-state index is 13.5. The summed E-state index contributed by atoms with van der Waals surface area (Å²) in [5.74, 6) is 1.55. The number of amides is 1. The van der Waals surface area contributed by atoms with E-state index >= 15 is 0 Å². The van der Waals surface area contributed by atoms with Gasteiger partial charge in [-0.05, 0) is 72.7 Å². The highest BCUT2D eigenvalue weighted by molar-refractivity contribution is 6.04. The van der Waals surface area contributed by atoms with Crippen molar-refractivity contribution in [2.24, 2.45) is 0 Å². The van der Waals surface area contributed by atoms with Crippen LogP contribution in [-0.4, -0.2) is 47.5 Å². The maximum Gasteiger partial charge on any atom is 0.250 e. The largest absolute Gasteiger partial charge is 0.310 e. The topological polar surface area (TPSA) is 52.6 Å². The molecule has 0 saturated carbocycles. The van der Waals surface area contributed by atoms with Gasteiger partial charge in [0.25, 0.3) is 5.91 Å². The Morgan fingerprint density at radius 2 is 1.58 bits per heavy atom. The predicted molar refractivity (Wildman–Crippen MR) is 128 cm³/mol. The minimum atomic E-state index is -0.331. The van der Waals surface area contributed by atoms with Crippen molar-refractivity contribution in [2.75, 3.05) is 30.4 Å². The number of hydrogen-bond acceptors (Lipinski definition) is 5.